The first-order valence-corrected chi connectivity index (χ1v) is 24.9. The molecule has 0 spiro atoms. The van der Waals surface area contributed by atoms with Gasteiger partial charge in [0.15, 0.2) is 5.82 Å². The molecule has 3 aliphatic rings. The summed E-state index contributed by atoms with van der Waals surface area (Å²) in [5, 5.41) is 19.7. The Morgan fingerprint density at radius 1 is 0.829 bits per heavy atom. The average molecular weight is 987 g/mol. The van der Waals surface area contributed by atoms with Gasteiger partial charge in [-0.15, -0.1) is 21.5 Å². The SMILES string of the molecule is Cc1sc2c(c1C)C(c1ccc(Cl)cc1)=N[C@@H](CC(=O)Nc1ccc(OCCOCCOCCOCCNc3ccc(-c4ccc5c(c4)CC(=O)N5)c(C(=O)N4CCCCC4)n3)cc1)c1nnc(C)n1-2. The van der Waals surface area contributed by atoms with Gasteiger partial charge in [-0.1, -0.05) is 29.8 Å². The lowest BCUT2D eigenvalue weighted by atomic mass is 9.99. The molecule has 0 radical (unpaired) electrons. The van der Waals surface area contributed by atoms with Crippen LogP contribution in [0.25, 0.3) is 16.1 Å². The Kier molecular flexibility index (Phi) is 15.6. The number of thiophene rings is 1. The fraction of sp³-hybridized carbons (Fsp3) is 0.365. The highest BCUT2D eigenvalue weighted by atomic mass is 35.5. The van der Waals surface area contributed by atoms with Gasteiger partial charge in [0.1, 0.15) is 40.7 Å². The molecular weight excluding hydrogens is 930 g/mol. The van der Waals surface area contributed by atoms with E-state index in [9.17, 15) is 14.4 Å². The highest BCUT2D eigenvalue weighted by Gasteiger charge is 2.33. The maximum atomic E-state index is 13.7. The number of aromatic nitrogens is 4. The van der Waals surface area contributed by atoms with Crippen LogP contribution in [0.3, 0.4) is 0 Å². The lowest BCUT2D eigenvalue weighted by Gasteiger charge is -2.27. The van der Waals surface area contributed by atoms with Crippen molar-refractivity contribution in [2.75, 3.05) is 81.8 Å². The van der Waals surface area contributed by atoms with Gasteiger partial charge in [0, 0.05) is 57.6 Å². The van der Waals surface area contributed by atoms with E-state index in [4.69, 9.17) is 40.5 Å². The Balaban J connectivity index is 0.668. The van der Waals surface area contributed by atoms with Crippen molar-refractivity contribution in [3.05, 3.63) is 128 Å². The number of carbonyl (C=O) groups is 3. The fourth-order valence-electron chi connectivity index (χ4n) is 8.76. The number of aryl methyl sites for hydroxylation is 2. The summed E-state index contributed by atoms with van der Waals surface area (Å²) < 4.78 is 25.0. The second-order valence-corrected chi connectivity index (χ2v) is 19.0. The summed E-state index contributed by atoms with van der Waals surface area (Å²) in [6, 6.07) is 23.8. The zero-order chi connectivity index (χ0) is 48.6. The maximum absolute atomic E-state index is 13.7. The number of amides is 3. The predicted octanol–water partition coefficient (Wildman–Crippen LogP) is 8.55. The maximum Gasteiger partial charge on any atom is 0.273 e. The van der Waals surface area contributed by atoms with Crippen LogP contribution in [-0.4, -0.2) is 114 Å². The van der Waals surface area contributed by atoms with Crippen LogP contribution < -0.4 is 20.7 Å². The molecule has 1 saturated heterocycles. The van der Waals surface area contributed by atoms with E-state index < -0.39 is 6.04 Å². The summed E-state index contributed by atoms with van der Waals surface area (Å²) in [6.07, 6.45) is 3.47. The van der Waals surface area contributed by atoms with Crippen molar-refractivity contribution in [1.29, 1.82) is 0 Å². The molecule has 3 aliphatic heterocycles. The van der Waals surface area contributed by atoms with E-state index in [1.54, 1.807) is 35.6 Å². The van der Waals surface area contributed by atoms with E-state index in [2.05, 4.69) is 40.0 Å². The molecule has 6 aromatic rings. The molecule has 6 heterocycles. The molecule has 0 bridgehead atoms. The lowest BCUT2D eigenvalue weighted by Crippen LogP contribution is -2.36. The summed E-state index contributed by atoms with van der Waals surface area (Å²) in [5.74, 6) is 2.28. The van der Waals surface area contributed by atoms with Crippen LogP contribution in [0.4, 0.5) is 17.2 Å². The van der Waals surface area contributed by atoms with Gasteiger partial charge in [-0.25, -0.2) is 4.98 Å². The number of rotatable bonds is 20. The topological polar surface area (TPSA) is 183 Å². The van der Waals surface area contributed by atoms with Gasteiger partial charge < -0.3 is 39.8 Å². The molecule has 1 fully saturated rings. The van der Waals surface area contributed by atoms with Crippen LogP contribution in [0.2, 0.25) is 5.02 Å². The van der Waals surface area contributed by atoms with Gasteiger partial charge in [0.05, 0.1) is 58.2 Å². The summed E-state index contributed by atoms with van der Waals surface area (Å²) >= 11 is 7.92. The summed E-state index contributed by atoms with van der Waals surface area (Å²) in [4.78, 5) is 52.3. The summed E-state index contributed by atoms with van der Waals surface area (Å²) in [5.41, 5.74) is 8.21. The van der Waals surface area contributed by atoms with Gasteiger partial charge in [0.25, 0.3) is 5.91 Å². The smallest absolute Gasteiger partial charge is 0.273 e. The van der Waals surface area contributed by atoms with Crippen LogP contribution in [0.5, 0.6) is 5.75 Å². The van der Waals surface area contributed by atoms with Crippen molar-refractivity contribution in [3.63, 3.8) is 0 Å². The number of halogens is 1. The van der Waals surface area contributed by atoms with E-state index in [0.29, 0.717) is 93.0 Å². The van der Waals surface area contributed by atoms with Crippen molar-refractivity contribution < 1.29 is 33.3 Å². The van der Waals surface area contributed by atoms with Gasteiger partial charge in [-0.3, -0.25) is 23.9 Å². The number of piperidine rings is 1. The standard InChI is InChI=1S/C52H56ClN9O7S/c1-32-33(2)70-52-47(32)48(35-7-10-38(53)11-8-35)57-43(50-60-59-34(3)62(50)52)31-46(64)55-39-12-14-40(15-13-39)69-28-27-68-26-25-67-24-23-66-22-19-54-44-18-16-41(36-9-17-42-37(29-36)30-45(63)56-42)49(58-44)51(65)61-20-5-4-6-21-61/h7-18,29,43H,4-6,19-28,30-31H2,1-3H3,(H,54,58)(H,55,64)(H,56,63)/t43-/m0/s1. The van der Waals surface area contributed by atoms with E-state index >= 15 is 0 Å². The molecule has 18 heteroatoms. The van der Waals surface area contributed by atoms with Crippen molar-refractivity contribution >= 4 is 63.6 Å². The number of benzene rings is 3. The number of ether oxygens (including phenoxy) is 4. The van der Waals surface area contributed by atoms with Crippen LogP contribution >= 0.6 is 22.9 Å². The largest absolute Gasteiger partial charge is 0.491 e. The van der Waals surface area contributed by atoms with Crippen molar-refractivity contribution in [1.82, 2.24) is 24.6 Å². The van der Waals surface area contributed by atoms with E-state index in [1.165, 1.54) is 4.88 Å². The van der Waals surface area contributed by atoms with Gasteiger partial charge in [-0.05, 0) is 117 Å². The molecule has 364 valence electrons. The molecule has 16 nitrogen and oxygen atoms in total. The van der Waals surface area contributed by atoms with Gasteiger partial charge >= 0.3 is 0 Å². The molecule has 0 unspecified atom stereocenters. The second-order valence-electron chi connectivity index (χ2n) is 17.3. The van der Waals surface area contributed by atoms with Crippen LogP contribution in [0.1, 0.15) is 81.0 Å². The van der Waals surface area contributed by atoms with Crippen molar-refractivity contribution in [3.8, 4) is 21.9 Å². The van der Waals surface area contributed by atoms with Gasteiger partial charge in [0.2, 0.25) is 11.8 Å². The zero-order valence-corrected chi connectivity index (χ0v) is 41.1. The Morgan fingerprint density at radius 3 is 2.30 bits per heavy atom. The minimum Gasteiger partial charge on any atom is -0.491 e. The number of nitrogens with one attached hydrogen (secondary N) is 3. The third-order valence-corrected chi connectivity index (χ3v) is 13.9. The minimum atomic E-state index is -0.579. The van der Waals surface area contributed by atoms with Gasteiger partial charge in [-0.2, -0.15) is 0 Å². The molecule has 0 saturated carbocycles. The van der Waals surface area contributed by atoms with Crippen LogP contribution in [-0.2, 0) is 30.2 Å². The number of hydrogen-bond donors (Lipinski definition) is 3. The highest BCUT2D eigenvalue weighted by Crippen LogP contribution is 2.40. The van der Waals surface area contributed by atoms with E-state index in [1.807, 2.05) is 71.0 Å². The monoisotopic (exact) mass is 985 g/mol. The van der Waals surface area contributed by atoms with Crippen LogP contribution in [0, 0.1) is 20.8 Å². The van der Waals surface area contributed by atoms with E-state index in [0.717, 1.165) is 88.0 Å². The average Bonchev–Trinajstić information content (AvgIpc) is 4.01. The zero-order valence-electron chi connectivity index (χ0n) is 39.5. The first-order chi connectivity index (χ1) is 34.1. The number of likely N-dealkylation sites (tertiary alicyclic amines) is 1. The minimum absolute atomic E-state index is 0.0303. The normalized spacial score (nSPS) is 15.1. The molecule has 3 aromatic heterocycles. The number of aliphatic imine (C=N–C) groups is 1. The molecule has 3 aromatic carbocycles. The molecule has 3 amide bonds. The first-order valence-electron chi connectivity index (χ1n) is 23.7. The molecule has 70 heavy (non-hydrogen) atoms. The first kappa shape index (κ1) is 48.5. The number of fused-ring (bicyclic) bond motifs is 4. The quantitative estimate of drug-likeness (QED) is 0.0623. The fourth-order valence-corrected chi connectivity index (χ4v) is 10.1. The van der Waals surface area contributed by atoms with Crippen molar-refractivity contribution in [2.45, 2.75) is 58.9 Å². The number of pyridine rings is 1. The van der Waals surface area contributed by atoms with Crippen molar-refractivity contribution in [2.24, 2.45) is 4.99 Å². The number of anilines is 3. The number of hydrogen-bond acceptors (Lipinski definition) is 13. The Morgan fingerprint density at radius 2 is 1.54 bits per heavy atom. The summed E-state index contributed by atoms with van der Waals surface area (Å²) in [6.45, 7) is 10.9. The lowest BCUT2D eigenvalue weighted by molar-refractivity contribution is -0.117. The molecule has 3 N–H and O–H groups in total. The third-order valence-electron chi connectivity index (χ3n) is 12.4. The molecule has 0 aliphatic carbocycles. The highest BCUT2D eigenvalue weighted by molar-refractivity contribution is 7.15. The predicted molar refractivity (Wildman–Crippen MR) is 271 cm³/mol. The van der Waals surface area contributed by atoms with E-state index in [-0.39, 0.29) is 24.1 Å². The summed E-state index contributed by atoms with van der Waals surface area (Å²) in [7, 11) is 0. The Hall–Kier alpha value is -6.50. The second kappa shape index (κ2) is 22.5. The molecule has 1 atom stereocenters. The Labute approximate surface area is 415 Å². The molecule has 9 rings (SSSR count). The number of carbonyl (C=O) groups excluding carboxylic acids is 3. The Bertz CT molecular complexity index is 2880. The third kappa shape index (κ3) is 11.4. The number of nitrogens with zero attached hydrogens (tertiary/aromatic N) is 6. The van der Waals surface area contributed by atoms with Crippen LogP contribution in [0.15, 0.2) is 83.9 Å². The molecular formula is C52H56ClN9O7S.